The number of hydrogen-bond acceptors (Lipinski definition) is 5. The van der Waals surface area contributed by atoms with Crippen molar-refractivity contribution in [3.05, 3.63) is 49.8 Å². The number of fused-ring (bicyclic) bond motifs is 1. The van der Waals surface area contributed by atoms with E-state index in [1.54, 1.807) is 0 Å². The molecule has 1 aliphatic carbocycles. The standard InChI is InChI=1S/C18H18N5O2/c1-11(24)20-17-15-9-14(19-10-13-5-3-4-6-13)7-8-16(15)22-18(23-17)21-12(2)25/h3-9,19H,10H2,1-2H3,(H2,20,21,22,23,24,25). The van der Waals surface area contributed by atoms with Crippen molar-refractivity contribution in [2.24, 2.45) is 0 Å². The van der Waals surface area contributed by atoms with Crippen LogP contribution in [-0.2, 0) is 9.59 Å². The predicted molar refractivity (Wildman–Crippen MR) is 97.1 cm³/mol. The molecule has 5 radical (unpaired) electrons. The second-order valence-corrected chi connectivity index (χ2v) is 5.64. The van der Waals surface area contributed by atoms with Crippen LogP contribution in [0.15, 0.2) is 18.2 Å². The number of nitrogens with zero attached hydrogens (tertiary/aromatic N) is 2. The Bertz CT molecular complexity index is 799. The summed E-state index contributed by atoms with van der Waals surface area (Å²) < 4.78 is 0. The summed E-state index contributed by atoms with van der Waals surface area (Å²) in [7, 11) is 0. The first-order chi connectivity index (χ1) is 12.0. The Labute approximate surface area is 146 Å². The Balaban J connectivity index is 1.89. The third-order valence-electron chi connectivity index (χ3n) is 3.51. The molecular formula is C18H18N5O2. The summed E-state index contributed by atoms with van der Waals surface area (Å²) in [6, 6.07) is 5.59. The zero-order valence-electron chi connectivity index (χ0n) is 14.0. The molecule has 1 aliphatic rings. The number of carbonyl (C=O) groups is 2. The van der Waals surface area contributed by atoms with Crippen LogP contribution >= 0.6 is 0 Å². The number of amides is 2. The summed E-state index contributed by atoms with van der Waals surface area (Å²) >= 11 is 0. The maximum Gasteiger partial charge on any atom is 0.231 e. The summed E-state index contributed by atoms with van der Waals surface area (Å²) in [5, 5.41) is 9.25. The van der Waals surface area contributed by atoms with E-state index in [9.17, 15) is 9.59 Å². The fourth-order valence-electron chi connectivity index (χ4n) is 2.45. The van der Waals surface area contributed by atoms with E-state index in [4.69, 9.17) is 0 Å². The fourth-order valence-corrected chi connectivity index (χ4v) is 2.45. The van der Waals surface area contributed by atoms with Crippen molar-refractivity contribution >= 4 is 40.2 Å². The summed E-state index contributed by atoms with van der Waals surface area (Å²) in [6.07, 6.45) is 8.06. The van der Waals surface area contributed by atoms with E-state index < -0.39 is 0 Å². The maximum absolute atomic E-state index is 11.5. The lowest BCUT2D eigenvalue weighted by molar-refractivity contribution is -0.115. The average Bonchev–Trinajstić information content (AvgIpc) is 3.05. The molecule has 7 heteroatoms. The minimum atomic E-state index is -0.277. The molecule has 1 aromatic heterocycles. The van der Waals surface area contributed by atoms with Gasteiger partial charge in [-0.25, -0.2) is 4.98 Å². The maximum atomic E-state index is 11.5. The van der Waals surface area contributed by atoms with Crippen molar-refractivity contribution in [2.75, 3.05) is 22.5 Å². The molecule has 1 aromatic carbocycles. The number of anilines is 3. The van der Waals surface area contributed by atoms with Crippen molar-refractivity contribution in [1.82, 2.24) is 9.97 Å². The minimum Gasteiger partial charge on any atom is -0.384 e. The summed E-state index contributed by atoms with van der Waals surface area (Å²) in [6.45, 7) is 3.48. The largest absolute Gasteiger partial charge is 0.384 e. The van der Waals surface area contributed by atoms with E-state index in [0.29, 0.717) is 23.3 Å². The van der Waals surface area contributed by atoms with Crippen LogP contribution in [0.4, 0.5) is 17.5 Å². The van der Waals surface area contributed by atoms with Crippen molar-refractivity contribution in [3.63, 3.8) is 0 Å². The number of nitrogens with one attached hydrogen (secondary N) is 3. The van der Waals surface area contributed by atoms with Gasteiger partial charge in [0.1, 0.15) is 5.82 Å². The van der Waals surface area contributed by atoms with Gasteiger partial charge in [-0.2, -0.15) is 4.98 Å². The molecule has 0 bridgehead atoms. The monoisotopic (exact) mass is 336 g/mol. The van der Waals surface area contributed by atoms with E-state index in [-0.39, 0.29) is 17.8 Å². The van der Waals surface area contributed by atoms with Crippen LogP contribution in [0.1, 0.15) is 13.8 Å². The third kappa shape index (κ3) is 4.43. The van der Waals surface area contributed by atoms with E-state index in [0.717, 1.165) is 5.69 Å². The lowest BCUT2D eigenvalue weighted by atomic mass is 10.1. The summed E-state index contributed by atoms with van der Waals surface area (Å²) in [5.41, 5.74) is 1.51. The molecule has 0 unspecified atom stereocenters. The Morgan fingerprint density at radius 1 is 1.00 bits per heavy atom. The van der Waals surface area contributed by atoms with E-state index in [2.05, 4.69) is 25.9 Å². The highest BCUT2D eigenvalue weighted by Gasteiger charge is 2.17. The molecule has 127 valence electrons. The predicted octanol–water partition coefficient (Wildman–Crippen LogP) is 2.36. The molecule has 0 aliphatic heterocycles. The van der Waals surface area contributed by atoms with E-state index in [1.807, 2.05) is 43.9 Å². The third-order valence-corrected chi connectivity index (χ3v) is 3.51. The van der Waals surface area contributed by atoms with Gasteiger partial charge in [-0.15, -0.1) is 0 Å². The lowest BCUT2D eigenvalue weighted by Crippen LogP contribution is -2.14. The molecule has 1 saturated carbocycles. The first-order valence-corrected chi connectivity index (χ1v) is 7.83. The molecule has 2 aromatic rings. The molecule has 3 N–H and O–H groups in total. The van der Waals surface area contributed by atoms with Gasteiger partial charge in [-0.3, -0.25) is 14.9 Å². The first-order valence-electron chi connectivity index (χ1n) is 7.83. The topological polar surface area (TPSA) is 96.0 Å². The summed E-state index contributed by atoms with van der Waals surface area (Å²) in [5.74, 6) is 1.17. The van der Waals surface area contributed by atoms with Crippen molar-refractivity contribution in [2.45, 2.75) is 13.8 Å². The molecule has 1 fully saturated rings. The van der Waals surface area contributed by atoms with Crippen LogP contribution in [0, 0.1) is 31.6 Å². The van der Waals surface area contributed by atoms with Gasteiger partial charge in [-0.05, 0) is 43.9 Å². The zero-order valence-corrected chi connectivity index (χ0v) is 14.0. The molecule has 2 amide bonds. The Kier molecular flexibility index (Phi) is 5.11. The number of benzene rings is 1. The highest BCUT2D eigenvalue weighted by molar-refractivity contribution is 6.00. The molecule has 3 rings (SSSR count). The number of aromatic nitrogens is 2. The van der Waals surface area contributed by atoms with Crippen LogP contribution in [0.5, 0.6) is 0 Å². The van der Waals surface area contributed by atoms with Crippen LogP contribution in [-0.4, -0.2) is 28.3 Å². The van der Waals surface area contributed by atoms with Gasteiger partial charge in [0.25, 0.3) is 0 Å². The Morgan fingerprint density at radius 2 is 1.72 bits per heavy atom. The Morgan fingerprint density at radius 3 is 2.40 bits per heavy atom. The zero-order chi connectivity index (χ0) is 17.8. The van der Waals surface area contributed by atoms with Crippen molar-refractivity contribution in [3.8, 4) is 0 Å². The molecule has 0 spiro atoms. The SMILES string of the molecule is CC(=O)Nc1nc(NC(C)=O)c2cc(NC[C]3[CH][CH][CH][CH]3)ccc2n1. The number of carbonyl (C=O) groups excluding carboxylic acids is 2. The van der Waals surface area contributed by atoms with Crippen molar-refractivity contribution in [1.29, 1.82) is 0 Å². The van der Waals surface area contributed by atoms with E-state index in [1.165, 1.54) is 19.8 Å². The van der Waals surface area contributed by atoms with Gasteiger partial charge in [0.15, 0.2) is 0 Å². The Hall–Kier alpha value is -2.70. The van der Waals surface area contributed by atoms with Crippen molar-refractivity contribution < 1.29 is 9.59 Å². The number of hydrogen-bond donors (Lipinski definition) is 3. The van der Waals surface area contributed by atoms with E-state index >= 15 is 0 Å². The summed E-state index contributed by atoms with van der Waals surface area (Å²) in [4.78, 5) is 31.3. The first kappa shape index (κ1) is 17.1. The van der Waals surface area contributed by atoms with Gasteiger partial charge in [0.2, 0.25) is 17.8 Å². The van der Waals surface area contributed by atoms with Gasteiger partial charge in [0, 0.05) is 37.4 Å². The molecular weight excluding hydrogens is 318 g/mol. The fraction of sp³-hybridized carbons (Fsp3) is 0.167. The average molecular weight is 336 g/mol. The molecule has 0 saturated heterocycles. The molecule has 1 heterocycles. The second kappa shape index (κ2) is 7.46. The van der Waals surface area contributed by atoms with Gasteiger partial charge >= 0.3 is 0 Å². The van der Waals surface area contributed by atoms with Crippen LogP contribution < -0.4 is 16.0 Å². The molecule has 7 nitrogen and oxygen atoms in total. The van der Waals surface area contributed by atoms with Gasteiger partial charge in [-0.1, -0.05) is 0 Å². The molecule has 0 atom stereocenters. The quantitative estimate of drug-likeness (QED) is 0.779. The smallest absolute Gasteiger partial charge is 0.231 e. The normalized spacial score (nSPS) is 14.5. The number of rotatable bonds is 5. The van der Waals surface area contributed by atoms with Gasteiger partial charge in [0.05, 0.1) is 5.52 Å². The van der Waals surface area contributed by atoms with Crippen LogP contribution in [0.2, 0.25) is 0 Å². The van der Waals surface area contributed by atoms with Crippen LogP contribution in [0.3, 0.4) is 0 Å². The second-order valence-electron chi connectivity index (χ2n) is 5.64. The minimum absolute atomic E-state index is 0.154. The molecule has 25 heavy (non-hydrogen) atoms. The highest BCUT2D eigenvalue weighted by atomic mass is 16.2. The van der Waals surface area contributed by atoms with Crippen LogP contribution in [0.25, 0.3) is 10.9 Å². The van der Waals surface area contributed by atoms with Gasteiger partial charge < -0.3 is 10.6 Å². The lowest BCUT2D eigenvalue weighted by Gasteiger charge is -2.13. The highest BCUT2D eigenvalue weighted by Crippen LogP contribution is 2.27.